The summed E-state index contributed by atoms with van der Waals surface area (Å²) >= 11 is 0. The predicted octanol–water partition coefficient (Wildman–Crippen LogP) is 2.22. The summed E-state index contributed by atoms with van der Waals surface area (Å²) in [5.41, 5.74) is 1.46. The quantitative estimate of drug-likeness (QED) is 0.487. The van der Waals surface area contributed by atoms with Crippen molar-refractivity contribution in [1.29, 1.82) is 0 Å². The van der Waals surface area contributed by atoms with Gasteiger partial charge in [-0.2, -0.15) is 0 Å². The average Bonchev–Trinajstić information content (AvgIpc) is 3.19. The minimum absolute atomic E-state index is 0.106. The van der Waals surface area contributed by atoms with Crippen LogP contribution in [0.25, 0.3) is 0 Å². The molecular weight excluding hydrogens is 346 g/mol. The largest absolute Gasteiger partial charge is 0.353 e. The lowest BCUT2D eigenvalue weighted by Gasteiger charge is -2.27. The molecule has 0 aliphatic carbocycles. The van der Waals surface area contributed by atoms with Crippen molar-refractivity contribution in [3.8, 4) is 0 Å². The summed E-state index contributed by atoms with van der Waals surface area (Å²) in [6.07, 6.45) is 3.62. The van der Waals surface area contributed by atoms with Crippen LogP contribution in [0.15, 0.2) is 48.0 Å². The van der Waals surface area contributed by atoms with Crippen LogP contribution in [-0.2, 0) is 15.3 Å². The summed E-state index contributed by atoms with van der Waals surface area (Å²) in [5.74, 6) is 1.59. The van der Waals surface area contributed by atoms with Gasteiger partial charge in [0, 0.05) is 31.6 Å². The van der Waals surface area contributed by atoms with E-state index in [2.05, 4.69) is 48.0 Å². The molecule has 2 aliphatic rings. The number of nitrogens with one attached hydrogen (secondary N) is 1. The van der Waals surface area contributed by atoms with Gasteiger partial charge < -0.3 is 10.2 Å². The summed E-state index contributed by atoms with van der Waals surface area (Å²) in [5, 5.41) is 3.35. The molecule has 0 bridgehead atoms. The molecule has 0 spiro atoms. The molecule has 1 aromatic rings. The molecule has 0 saturated carbocycles. The Hall–Kier alpha value is -1.82. The molecule has 1 N–H and O–H groups in total. The van der Waals surface area contributed by atoms with Gasteiger partial charge in [-0.3, -0.25) is 4.99 Å². The van der Waals surface area contributed by atoms with Gasteiger partial charge in [0.05, 0.1) is 11.5 Å². The van der Waals surface area contributed by atoms with Gasteiger partial charge in [0.15, 0.2) is 15.8 Å². The summed E-state index contributed by atoms with van der Waals surface area (Å²) in [6, 6.07) is 10.6. The van der Waals surface area contributed by atoms with Crippen LogP contribution in [0.5, 0.6) is 0 Å². The zero-order valence-corrected chi connectivity index (χ0v) is 16.3. The van der Waals surface area contributed by atoms with E-state index < -0.39 is 9.84 Å². The van der Waals surface area contributed by atoms with Crippen molar-refractivity contribution in [2.45, 2.75) is 25.2 Å². The van der Waals surface area contributed by atoms with Crippen molar-refractivity contribution in [2.75, 3.05) is 37.7 Å². The van der Waals surface area contributed by atoms with E-state index in [1.807, 2.05) is 12.1 Å². The van der Waals surface area contributed by atoms with Crippen LogP contribution in [0.4, 0.5) is 0 Å². The van der Waals surface area contributed by atoms with E-state index in [9.17, 15) is 8.42 Å². The molecule has 1 aromatic carbocycles. The van der Waals surface area contributed by atoms with Crippen LogP contribution in [0.3, 0.4) is 0 Å². The number of nitrogens with zero attached hydrogens (tertiary/aromatic N) is 2. The van der Waals surface area contributed by atoms with Gasteiger partial charge in [-0.15, -0.1) is 6.58 Å². The van der Waals surface area contributed by atoms with Crippen LogP contribution >= 0.6 is 0 Å². The van der Waals surface area contributed by atoms with E-state index in [1.165, 1.54) is 5.56 Å². The van der Waals surface area contributed by atoms with Gasteiger partial charge >= 0.3 is 0 Å². The summed E-state index contributed by atoms with van der Waals surface area (Å²) in [4.78, 5) is 7.06. The van der Waals surface area contributed by atoms with Crippen molar-refractivity contribution in [3.63, 3.8) is 0 Å². The standard InChI is InChI=1S/C20H29N3O2S/c1-3-11-21-19(22-14-17-9-13-26(24,25)15-17)23-12-10-20(2,16-23)18-7-5-4-6-8-18/h3-8,17H,1,9-16H2,2H3,(H,21,22). The third kappa shape index (κ3) is 4.47. The number of benzene rings is 1. The Morgan fingerprint density at radius 2 is 2.19 bits per heavy atom. The maximum absolute atomic E-state index is 11.7. The number of hydrogen-bond donors (Lipinski definition) is 1. The predicted molar refractivity (Wildman–Crippen MR) is 107 cm³/mol. The molecule has 6 heteroatoms. The molecule has 26 heavy (non-hydrogen) atoms. The first-order chi connectivity index (χ1) is 12.4. The van der Waals surface area contributed by atoms with Crippen LogP contribution in [0, 0.1) is 5.92 Å². The Bertz CT molecular complexity index is 761. The number of hydrogen-bond acceptors (Lipinski definition) is 3. The lowest BCUT2D eigenvalue weighted by molar-refractivity contribution is 0.437. The molecule has 0 amide bonds. The second kappa shape index (κ2) is 7.82. The summed E-state index contributed by atoms with van der Waals surface area (Å²) < 4.78 is 23.3. The first-order valence-corrected chi connectivity index (χ1v) is 11.1. The van der Waals surface area contributed by atoms with Crippen molar-refractivity contribution in [3.05, 3.63) is 48.6 Å². The maximum atomic E-state index is 11.7. The van der Waals surface area contributed by atoms with E-state index in [0.29, 0.717) is 18.8 Å². The Morgan fingerprint density at radius 3 is 2.85 bits per heavy atom. The number of sulfone groups is 1. The Kier molecular flexibility index (Phi) is 5.70. The number of guanidine groups is 1. The second-order valence-corrected chi connectivity index (χ2v) is 9.93. The molecule has 2 saturated heterocycles. The van der Waals surface area contributed by atoms with Crippen molar-refractivity contribution < 1.29 is 8.42 Å². The SMILES string of the molecule is C=CCNC(=NCC1CCS(=O)(=O)C1)N1CCC(C)(c2ccccc2)C1. The van der Waals surface area contributed by atoms with Gasteiger partial charge in [0.25, 0.3) is 0 Å². The fourth-order valence-electron chi connectivity index (χ4n) is 3.88. The molecule has 5 nitrogen and oxygen atoms in total. The highest BCUT2D eigenvalue weighted by atomic mass is 32.2. The molecule has 3 rings (SSSR count). The van der Waals surface area contributed by atoms with E-state index in [4.69, 9.17) is 4.99 Å². The van der Waals surface area contributed by atoms with E-state index >= 15 is 0 Å². The third-order valence-electron chi connectivity index (χ3n) is 5.47. The van der Waals surface area contributed by atoms with Crippen molar-refractivity contribution in [2.24, 2.45) is 10.9 Å². The van der Waals surface area contributed by atoms with Crippen LogP contribution in [-0.4, -0.2) is 57.0 Å². The minimum Gasteiger partial charge on any atom is -0.353 e. The van der Waals surface area contributed by atoms with Gasteiger partial charge in [-0.25, -0.2) is 8.42 Å². The minimum atomic E-state index is -2.85. The molecule has 2 atom stereocenters. The summed E-state index contributed by atoms with van der Waals surface area (Å²) in [6.45, 7) is 9.15. The first kappa shape index (κ1) is 19.0. The molecule has 0 aromatic heterocycles. The lowest BCUT2D eigenvalue weighted by atomic mass is 9.82. The molecule has 2 aliphatic heterocycles. The van der Waals surface area contributed by atoms with Crippen molar-refractivity contribution >= 4 is 15.8 Å². The number of aliphatic imine (C=N–C) groups is 1. The lowest BCUT2D eigenvalue weighted by Crippen LogP contribution is -2.42. The highest BCUT2D eigenvalue weighted by molar-refractivity contribution is 7.91. The topological polar surface area (TPSA) is 61.8 Å². The van der Waals surface area contributed by atoms with Gasteiger partial charge in [-0.05, 0) is 24.3 Å². The van der Waals surface area contributed by atoms with Gasteiger partial charge in [0.1, 0.15) is 0 Å². The fraction of sp³-hybridized carbons (Fsp3) is 0.550. The Labute approximate surface area is 157 Å². The molecule has 142 valence electrons. The van der Waals surface area contributed by atoms with E-state index in [0.717, 1.165) is 31.9 Å². The van der Waals surface area contributed by atoms with Crippen LogP contribution < -0.4 is 5.32 Å². The Balaban J connectivity index is 1.70. The number of likely N-dealkylation sites (tertiary alicyclic amines) is 1. The average molecular weight is 376 g/mol. The molecular formula is C20H29N3O2S. The fourth-order valence-corrected chi connectivity index (χ4v) is 5.73. The smallest absolute Gasteiger partial charge is 0.194 e. The molecule has 2 unspecified atom stereocenters. The zero-order chi connectivity index (χ0) is 18.6. The van der Waals surface area contributed by atoms with E-state index in [1.54, 1.807) is 0 Å². The van der Waals surface area contributed by atoms with Gasteiger partial charge in [-0.1, -0.05) is 43.3 Å². The zero-order valence-electron chi connectivity index (χ0n) is 15.5. The highest BCUT2D eigenvalue weighted by Gasteiger charge is 2.36. The normalized spacial score (nSPS) is 28.3. The molecule has 2 heterocycles. The van der Waals surface area contributed by atoms with Crippen LogP contribution in [0.1, 0.15) is 25.3 Å². The van der Waals surface area contributed by atoms with Gasteiger partial charge in [0.2, 0.25) is 0 Å². The second-order valence-electron chi connectivity index (χ2n) is 7.70. The van der Waals surface area contributed by atoms with Crippen LogP contribution in [0.2, 0.25) is 0 Å². The number of rotatable bonds is 5. The molecule has 2 fully saturated rings. The highest BCUT2D eigenvalue weighted by Crippen LogP contribution is 2.34. The third-order valence-corrected chi connectivity index (χ3v) is 7.31. The Morgan fingerprint density at radius 1 is 1.42 bits per heavy atom. The first-order valence-electron chi connectivity index (χ1n) is 9.32. The summed E-state index contributed by atoms with van der Waals surface area (Å²) in [7, 11) is -2.85. The van der Waals surface area contributed by atoms with E-state index in [-0.39, 0.29) is 17.1 Å². The monoisotopic (exact) mass is 375 g/mol. The van der Waals surface area contributed by atoms with Crippen molar-refractivity contribution in [1.82, 2.24) is 10.2 Å². The molecule has 0 radical (unpaired) electrons. The maximum Gasteiger partial charge on any atom is 0.194 e.